The number of ether oxygens (including phenoxy) is 2. The summed E-state index contributed by atoms with van der Waals surface area (Å²) in [6, 6.07) is 8.08. The van der Waals surface area contributed by atoms with E-state index in [9.17, 15) is 4.79 Å². The van der Waals surface area contributed by atoms with Crippen LogP contribution in [0, 0.1) is 6.92 Å². The van der Waals surface area contributed by atoms with Gasteiger partial charge < -0.3 is 9.47 Å². The van der Waals surface area contributed by atoms with Crippen LogP contribution in [0.15, 0.2) is 24.3 Å². The fourth-order valence-electron chi connectivity index (χ4n) is 1.34. The molecule has 1 atom stereocenters. The maximum Gasteiger partial charge on any atom is 0.303 e. The van der Waals surface area contributed by atoms with Crippen molar-refractivity contribution in [3.05, 3.63) is 35.4 Å². The summed E-state index contributed by atoms with van der Waals surface area (Å²) in [7, 11) is 0. The van der Waals surface area contributed by atoms with Gasteiger partial charge in [-0.3, -0.25) is 4.79 Å². The Morgan fingerprint density at radius 3 is 2.53 bits per heavy atom. The number of carbonyl (C=O) groups is 1. The summed E-state index contributed by atoms with van der Waals surface area (Å²) >= 11 is 5.66. The molecule has 17 heavy (non-hydrogen) atoms. The third kappa shape index (κ3) is 5.71. The molecule has 4 heteroatoms. The number of alkyl halides is 1. The van der Waals surface area contributed by atoms with Gasteiger partial charge in [0.2, 0.25) is 0 Å². The maximum absolute atomic E-state index is 10.7. The number of hydrogen-bond acceptors (Lipinski definition) is 3. The van der Waals surface area contributed by atoms with E-state index in [2.05, 4.69) is 0 Å². The van der Waals surface area contributed by atoms with Gasteiger partial charge in [0.05, 0.1) is 19.1 Å². The summed E-state index contributed by atoms with van der Waals surface area (Å²) in [5, 5.41) is 0. The van der Waals surface area contributed by atoms with E-state index in [0.29, 0.717) is 13.2 Å². The van der Waals surface area contributed by atoms with Gasteiger partial charge in [0, 0.05) is 6.92 Å². The molecular weight excluding hydrogens is 240 g/mol. The first-order valence-electron chi connectivity index (χ1n) is 5.48. The highest BCUT2D eigenvalue weighted by Crippen LogP contribution is 2.06. The van der Waals surface area contributed by atoms with E-state index in [1.807, 2.05) is 31.2 Å². The van der Waals surface area contributed by atoms with E-state index >= 15 is 0 Å². The number of rotatable bonds is 6. The average Bonchev–Trinajstić information content (AvgIpc) is 2.30. The zero-order chi connectivity index (χ0) is 12.7. The van der Waals surface area contributed by atoms with Gasteiger partial charge >= 0.3 is 5.97 Å². The van der Waals surface area contributed by atoms with Gasteiger partial charge in [0.25, 0.3) is 0 Å². The molecule has 0 heterocycles. The lowest BCUT2D eigenvalue weighted by Crippen LogP contribution is -2.23. The lowest BCUT2D eigenvalue weighted by Gasteiger charge is -2.14. The maximum atomic E-state index is 10.7. The summed E-state index contributed by atoms with van der Waals surface area (Å²) in [5.41, 5.74) is 2.30. The molecule has 94 valence electrons. The van der Waals surface area contributed by atoms with Crippen molar-refractivity contribution in [3.63, 3.8) is 0 Å². The number of aryl methyl sites for hydroxylation is 1. The van der Waals surface area contributed by atoms with Gasteiger partial charge in [-0.05, 0) is 12.5 Å². The molecule has 0 spiro atoms. The number of halogens is 1. The fourth-order valence-corrected chi connectivity index (χ4v) is 1.49. The molecule has 3 nitrogen and oxygen atoms in total. The third-order valence-electron chi connectivity index (χ3n) is 2.20. The van der Waals surface area contributed by atoms with E-state index in [1.165, 1.54) is 12.5 Å². The smallest absolute Gasteiger partial charge is 0.303 e. The number of carbonyl (C=O) groups excluding carboxylic acids is 1. The Balaban J connectivity index is 2.30. The van der Waals surface area contributed by atoms with Crippen LogP contribution in [0.3, 0.4) is 0 Å². The molecule has 0 aromatic heterocycles. The minimum absolute atomic E-state index is 0.244. The highest BCUT2D eigenvalue weighted by Gasteiger charge is 2.10. The van der Waals surface area contributed by atoms with Gasteiger partial charge in [0.1, 0.15) is 6.10 Å². The summed E-state index contributed by atoms with van der Waals surface area (Å²) in [5.74, 6) is -0.0948. The Morgan fingerprint density at radius 1 is 1.35 bits per heavy atom. The lowest BCUT2D eigenvalue weighted by atomic mass is 10.2. The van der Waals surface area contributed by atoms with E-state index in [0.717, 1.165) is 5.56 Å². The summed E-state index contributed by atoms with van der Waals surface area (Å²) < 4.78 is 10.4. The molecule has 0 N–H and O–H groups in total. The fraction of sp³-hybridized carbons (Fsp3) is 0.462. The standard InChI is InChI=1S/C13H17ClO3/c1-10-3-5-12(6-4-10)8-16-9-13(7-14)17-11(2)15/h3-6,13H,7-9H2,1-2H3/t13-/m1/s1. The molecule has 0 aliphatic heterocycles. The zero-order valence-electron chi connectivity index (χ0n) is 10.1. The Morgan fingerprint density at radius 2 is 2.00 bits per heavy atom. The molecule has 0 saturated carbocycles. The van der Waals surface area contributed by atoms with Gasteiger partial charge in [-0.2, -0.15) is 0 Å². The molecular formula is C13H17ClO3. The average molecular weight is 257 g/mol. The first-order valence-corrected chi connectivity index (χ1v) is 6.01. The second kappa shape index (κ2) is 7.30. The van der Waals surface area contributed by atoms with E-state index in [4.69, 9.17) is 21.1 Å². The van der Waals surface area contributed by atoms with Crippen LogP contribution in [0.4, 0.5) is 0 Å². The lowest BCUT2D eigenvalue weighted by molar-refractivity contribution is -0.148. The Bertz CT molecular complexity index is 348. The van der Waals surface area contributed by atoms with E-state index in [1.54, 1.807) is 0 Å². The van der Waals surface area contributed by atoms with Gasteiger partial charge in [-0.25, -0.2) is 0 Å². The first-order chi connectivity index (χ1) is 8.11. The van der Waals surface area contributed by atoms with Crippen molar-refractivity contribution in [2.75, 3.05) is 12.5 Å². The molecule has 1 rings (SSSR count). The molecule has 0 amide bonds. The first kappa shape index (κ1) is 14.0. The Labute approximate surface area is 107 Å². The van der Waals surface area contributed by atoms with Gasteiger partial charge in [0.15, 0.2) is 0 Å². The van der Waals surface area contributed by atoms with Gasteiger partial charge in [-0.15, -0.1) is 11.6 Å². The molecule has 0 bridgehead atoms. The molecule has 0 saturated heterocycles. The van der Waals surface area contributed by atoms with Crippen LogP contribution < -0.4 is 0 Å². The summed E-state index contributed by atoms with van der Waals surface area (Å²) in [6.45, 7) is 4.21. The summed E-state index contributed by atoms with van der Waals surface area (Å²) in [6.07, 6.45) is -0.375. The normalized spacial score (nSPS) is 12.2. The molecule has 0 unspecified atom stereocenters. The highest BCUT2D eigenvalue weighted by molar-refractivity contribution is 6.18. The summed E-state index contributed by atoms with van der Waals surface area (Å²) in [4.78, 5) is 10.7. The number of esters is 1. The molecule has 0 aliphatic rings. The van der Waals surface area contributed by atoms with Crippen molar-refractivity contribution in [1.82, 2.24) is 0 Å². The van der Waals surface area contributed by atoms with Crippen molar-refractivity contribution in [2.24, 2.45) is 0 Å². The number of hydrogen-bond donors (Lipinski definition) is 0. The van der Waals surface area contributed by atoms with Crippen molar-refractivity contribution in [1.29, 1.82) is 0 Å². The molecule has 0 radical (unpaired) electrons. The van der Waals surface area contributed by atoms with Crippen LogP contribution in [-0.4, -0.2) is 24.6 Å². The largest absolute Gasteiger partial charge is 0.459 e. The Hall–Kier alpha value is -1.06. The van der Waals surface area contributed by atoms with Crippen LogP contribution in [0.5, 0.6) is 0 Å². The third-order valence-corrected chi connectivity index (χ3v) is 2.54. The van der Waals surface area contributed by atoms with Crippen molar-refractivity contribution in [2.45, 2.75) is 26.6 Å². The van der Waals surface area contributed by atoms with Crippen LogP contribution in [-0.2, 0) is 20.9 Å². The zero-order valence-corrected chi connectivity index (χ0v) is 10.9. The molecule has 0 aliphatic carbocycles. The van der Waals surface area contributed by atoms with Crippen LogP contribution in [0.25, 0.3) is 0 Å². The van der Waals surface area contributed by atoms with Gasteiger partial charge in [-0.1, -0.05) is 29.8 Å². The monoisotopic (exact) mass is 256 g/mol. The second-order valence-corrected chi connectivity index (χ2v) is 4.20. The van der Waals surface area contributed by atoms with E-state index in [-0.39, 0.29) is 18.0 Å². The van der Waals surface area contributed by atoms with Crippen LogP contribution in [0.2, 0.25) is 0 Å². The second-order valence-electron chi connectivity index (χ2n) is 3.89. The predicted octanol–water partition coefficient (Wildman–Crippen LogP) is 2.68. The minimum atomic E-state index is -0.375. The van der Waals surface area contributed by atoms with Crippen LogP contribution >= 0.6 is 11.6 Å². The quantitative estimate of drug-likeness (QED) is 0.580. The molecule has 1 aromatic rings. The Kier molecular flexibility index (Phi) is 6.01. The highest BCUT2D eigenvalue weighted by atomic mass is 35.5. The minimum Gasteiger partial charge on any atom is -0.459 e. The SMILES string of the molecule is CC(=O)O[C@H](CCl)COCc1ccc(C)cc1. The topological polar surface area (TPSA) is 35.5 Å². The molecule has 0 fully saturated rings. The van der Waals surface area contributed by atoms with Crippen molar-refractivity contribution >= 4 is 17.6 Å². The van der Waals surface area contributed by atoms with E-state index < -0.39 is 0 Å². The van der Waals surface area contributed by atoms with Crippen molar-refractivity contribution in [3.8, 4) is 0 Å². The molecule has 1 aromatic carbocycles. The van der Waals surface area contributed by atoms with Crippen molar-refractivity contribution < 1.29 is 14.3 Å². The van der Waals surface area contributed by atoms with Crippen LogP contribution in [0.1, 0.15) is 18.1 Å². The predicted molar refractivity (Wildman–Crippen MR) is 67.1 cm³/mol. The number of benzene rings is 1.